The maximum atomic E-state index is 13.7. The van der Waals surface area contributed by atoms with Crippen molar-refractivity contribution in [2.24, 2.45) is 5.92 Å². The quantitative estimate of drug-likeness (QED) is 0.867. The first-order valence-corrected chi connectivity index (χ1v) is 7.43. The molecule has 0 amide bonds. The molecule has 0 aliphatic carbocycles. The molecular weight excluding hydrogens is 326 g/mol. The van der Waals surface area contributed by atoms with Crippen LogP contribution < -0.4 is 5.32 Å². The highest BCUT2D eigenvalue weighted by Gasteiger charge is 2.27. The number of aromatic hydroxyl groups is 1. The number of piperazine rings is 1. The second-order valence-corrected chi connectivity index (χ2v) is 6.06. The molecule has 22 heavy (non-hydrogen) atoms. The second-order valence-electron chi connectivity index (χ2n) is 6.06. The van der Waals surface area contributed by atoms with E-state index in [0.29, 0.717) is 5.92 Å². The van der Waals surface area contributed by atoms with Gasteiger partial charge in [0.1, 0.15) is 0 Å². The lowest BCUT2D eigenvalue weighted by Gasteiger charge is -2.37. The molecule has 2 rings (SSSR count). The molecule has 0 unspecified atom stereocenters. The number of phenols is 1. The van der Waals surface area contributed by atoms with Gasteiger partial charge in [0.05, 0.1) is 0 Å². The van der Waals surface area contributed by atoms with Crippen molar-refractivity contribution >= 4 is 24.8 Å². The molecule has 0 aromatic heterocycles. The van der Waals surface area contributed by atoms with Crippen LogP contribution in [0.2, 0.25) is 0 Å². The average molecular weight is 353 g/mol. The lowest BCUT2D eigenvalue weighted by molar-refractivity contribution is 0.150. The van der Waals surface area contributed by atoms with Gasteiger partial charge in [-0.3, -0.25) is 4.90 Å². The zero-order valence-corrected chi connectivity index (χ0v) is 15.1. The molecule has 128 valence electrons. The van der Waals surface area contributed by atoms with Crippen LogP contribution in [-0.2, 0) is 0 Å². The number of aryl methyl sites for hydroxylation is 1. The molecule has 1 aromatic carbocycles. The van der Waals surface area contributed by atoms with Gasteiger partial charge in [-0.2, -0.15) is 0 Å². The van der Waals surface area contributed by atoms with Gasteiger partial charge in [-0.15, -0.1) is 24.8 Å². The number of hydrogen-bond donors (Lipinski definition) is 2. The Balaban J connectivity index is 0.00000220. The largest absolute Gasteiger partial charge is 0.505 e. The van der Waals surface area contributed by atoms with Crippen molar-refractivity contribution in [3.63, 3.8) is 0 Å². The molecule has 1 atom stereocenters. The summed E-state index contributed by atoms with van der Waals surface area (Å²) in [5, 5.41) is 13.5. The van der Waals surface area contributed by atoms with Crippen LogP contribution in [-0.4, -0.2) is 36.2 Å². The summed E-state index contributed by atoms with van der Waals surface area (Å²) in [6, 6.07) is 3.20. The Morgan fingerprint density at radius 1 is 1.23 bits per heavy atom. The first kappa shape index (κ1) is 21.4. The lowest BCUT2D eigenvalue weighted by atomic mass is 9.91. The number of nitrogens with zero attached hydrogens (tertiary/aromatic N) is 1. The van der Waals surface area contributed by atoms with E-state index >= 15 is 0 Å². The van der Waals surface area contributed by atoms with E-state index in [1.165, 1.54) is 6.07 Å². The minimum Gasteiger partial charge on any atom is -0.505 e. The molecule has 1 fully saturated rings. The Hall–Kier alpha value is -0.550. The van der Waals surface area contributed by atoms with E-state index in [-0.39, 0.29) is 36.6 Å². The minimum absolute atomic E-state index is 0. The SMILES string of the molecule is Cc1ccc(F)c(O)c1[C@@H](CC(C)C)N1CCNCC1.Cl.Cl. The van der Waals surface area contributed by atoms with Crippen LogP contribution in [0, 0.1) is 18.7 Å². The average Bonchev–Trinajstić information content (AvgIpc) is 2.43. The summed E-state index contributed by atoms with van der Waals surface area (Å²) in [6.45, 7) is 10.1. The molecule has 0 saturated carbocycles. The molecule has 1 heterocycles. The van der Waals surface area contributed by atoms with E-state index in [0.717, 1.165) is 43.7 Å². The first-order valence-electron chi connectivity index (χ1n) is 7.43. The highest BCUT2D eigenvalue weighted by atomic mass is 35.5. The van der Waals surface area contributed by atoms with Gasteiger partial charge in [-0.25, -0.2) is 4.39 Å². The Bertz CT molecular complexity index is 466. The van der Waals surface area contributed by atoms with Crippen LogP contribution in [0.5, 0.6) is 5.75 Å². The second kappa shape index (κ2) is 9.56. The highest BCUT2D eigenvalue weighted by molar-refractivity contribution is 5.85. The van der Waals surface area contributed by atoms with Gasteiger partial charge < -0.3 is 10.4 Å². The fourth-order valence-electron chi connectivity index (χ4n) is 2.99. The third-order valence-electron chi connectivity index (χ3n) is 4.01. The summed E-state index contributed by atoms with van der Waals surface area (Å²) in [6.07, 6.45) is 0.928. The molecule has 1 saturated heterocycles. The first-order chi connectivity index (χ1) is 9.50. The van der Waals surface area contributed by atoms with E-state index < -0.39 is 5.82 Å². The van der Waals surface area contributed by atoms with Crippen LogP contribution in [0.15, 0.2) is 12.1 Å². The van der Waals surface area contributed by atoms with E-state index in [1.807, 2.05) is 6.92 Å². The standard InChI is InChI=1S/C16H25FN2O.2ClH/c1-11(2)10-14(19-8-6-18-7-9-19)15-12(3)4-5-13(17)16(15)20;;/h4-5,11,14,18,20H,6-10H2,1-3H3;2*1H/t14-;;/m1../s1. The highest BCUT2D eigenvalue weighted by Crippen LogP contribution is 2.37. The number of phenolic OH excluding ortho intramolecular Hbond substituents is 1. The minimum atomic E-state index is -0.519. The van der Waals surface area contributed by atoms with Crippen molar-refractivity contribution < 1.29 is 9.50 Å². The summed E-state index contributed by atoms with van der Waals surface area (Å²) < 4.78 is 13.7. The third kappa shape index (κ3) is 4.98. The van der Waals surface area contributed by atoms with Gasteiger partial charge >= 0.3 is 0 Å². The Kier molecular flexibility index (Phi) is 9.32. The predicted octanol–water partition coefficient (Wildman–Crippen LogP) is 3.68. The number of hydrogen-bond acceptors (Lipinski definition) is 3. The molecule has 0 radical (unpaired) electrons. The molecule has 3 nitrogen and oxygen atoms in total. The summed E-state index contributed by atoms with van der Waals surface area (Å²) in [5.74, 6) is -0.194. The van der Waals surface area contributed by atoms with Crippen LogP contribution in [0.25, 0.3) is 0 Å². The lowest BCUT2D eigenvalue weighted by Crippen LogP contribution is -2.45. The normalized spacial score (nSPS) is 16.8. The van der Waals surface area contributed by atoms with Crippen molar-refractivity contribution in [3.05, 3.63) is 29.1 Å². The van der Waals surface area contributed by atoms with Crippen LogP contribution in [0.1, 0.15) is 37.4 Å². The van der Waals surface area contributed by atoms with Crippen LogP contribution >= 0.6 is 24.8 Å². The summed E-state index contributed by atoms with van der Waals surface area (Å²) >= 11 is 0. The molecular formula is C16H27Cl2FN2O. The molecule has 1 aliphatic rings. The smallest absolute Gasteiger partial charge is 0.165 e. The number of rotatable bonds is 4. The Morgan fingerprint density at radius 2 is 1.82 bits per heavy atom. The molecule has 0 bridgehead atoms. The zero-order chi connectivity index (χ0) is 14.7. The summed E-state index contributed by atoms with van der Waals surface area (Å²) in [5.41, 5.74) is 1.73. The van der Waals surface area contributed by atoms with E-state index in [2.05, 4.69) is 24.1 Å². The van der Waals surface area contributed by atoms with Crippen molar-refractivity contribution in [2.75, 3.05) is 26.2 Å². The molecule has 1 aromatic rings. The fourth-order valence-corrected chi connectivity index (χ4v) is 2.99. The van der Waals surface area contributed by atoms with Gasteiger partial charge in [0.25, 0.3) is 0 Å². The Labute approximate surface area is 145 Å². The zero-order valence-electron chi connectivity index (χ0n) is 13.4. The van der Waals surface area contributed by atoms with Crippen molar-refractivity contribution in [1.82, 2.24) is 10.2 Å². The molecule has 1 aliphatic heterocycles. The number of halogens is 3. The van der Waals surface area contributed by atoms with Crippen LogP contribution in [0.3, 0.4) is 0 Å². The van der Waals surface area contributed by atoms with Gasteiger partial charge in [-0.1, -0.05) is 19.9 Å². The van der Waals surface area contributed by atoms with E-state index in [9.17, 15) is 9.50 Å². The Morgan fingerprint density at radius 3 is 2.36 bits per heavy atom. The van der Waals surface area contributed by atoms with E-state index in [4.69, 9.17) is 0 Å². The molecule has 6 heteroatoms. The summed E-state index contributed by atoms with van der Waals surface area (Å²) in [4.78, 5) is 2.36. The molecule has 2 N–H and O–H groups in total. The topological polar surface area (TPSA) is 35.5 Å². The number of nitrogens with one attached hydrogen (secondary N) is 1. The van der Waals surface area contributed by atoms with Gasteiger partial charge in [0.15, 0.2) is 11.6 Å². The summed E-state index contributed by atoms with van der Waals surface area (Å²) in [7, 11) is 0. The van der Waals surface area contributed by atoms with Gasteiger partial charge in [0.2, 0.25) is 0 Å². The van der Waals surface area contributed by atoms with Crippen LogP contribution in [0.4, 0.5) is 4.39 Å². The van der Waals surface area contributed by atoms with Crippen molar-refractivity contribution in [2.45, 2.75) is 33.2 Å². The van der Waals surface area contributed by atoms with Gasteiger partial charge in [-0.05, 0) is 30.9 Å². The van der Waals surface area contributed by atoms with E-state index in [1.54, 1.807) is 6.07 Å². The van der Waals surface area contributed by atoms with Crippen molar-refractivity contribution in [1.29, 1.82) is 0 Å². The maximum absolute atomic E-state index is 13.7. The maximum Gasteiger partial charge on any atom is 0.165 e. The van der Waals surface area contributed by atoms with Crippen molar-refractivity contribution in [3.8, 4) is 5.75 Å². The van der Waals surface area contributed by atoms with Gasteiger partial charge in [0, 0.05) is 37.8 Å². The third-order valence-corrected chi connectivity index (χ3v) is 4.01. The monoisotopic (exact) mass is 352 g/mol. The predicted molar refractivity (Wildman–Crippen MR) is 93.9 cm³/mol. The molecule has 0 spiro atoms. The fraction of sp³-hybridized carbons (Fsp3) is 0.625. The number of benzene rings is 1.